The molecule has 4 aliphatic carbocycles. The molecule has 0 aromatic heterocycles. The monoisotopic (exact) mass is 446 g/mol. The summed E-state index contributed by atoms with van der Waals surface area (Å²) in [5.41, 5.74) is 0.618. The molecule has 0 aromatic rings. The van der Waals surface area contributed by atoms with Crippen LogP contribution in [0.25, 0.3) is 0 Å². The maximum atomic E-state index is 10.9. The number of hydrogen-bond donors (Lipinski definition) is 2. The van der Waals surface area contributed by atoms with Crippen molar-refractivity contribution in [3.8, 4) is 11.3 Å². The Hall–Kier alpha value is -0.490. The van der Waals surface area contributed by atoms with Gasteiger partial charge in [-0.05, 0) is 124 Å². The lowest BCUT2D eigenvalue weighted by molar-refractivity contribution is -0.0650. The number of halogens is 1. The maximum Gasteiger partial charge on any atom is 0.130 e. The zero-order valence-electron chi connectivity index (χ0n) is 20.3. The second-order valence-corrected chi connectivity index (χ2v) is 12.9. The number of aliphatic hydroxyl groups is 2. The van der Waals surface area contributed by atoms with Gasteiger partial charge in [-0.1, -0.05) is 38.3 Å². The van der Waals surface area contributed by atoms with Crippen LogP contribution in [-0.4, -0.2) is 21.4 Å². The van der Waals surface area contributed by atoms with Gasteiger partial charge in [0, 0.05) is 11.8 Å². The van der Waals surface area contributed by atoms with Crippen molar-refractivity contribution < 1.29 is 10.2 Å². The molecule has 0 saturated heterocycles. The van der Waals surface area contributed by atoms with E-state index < -0.39 is 11.2 Å². The molecule has 8 atom stereocenters. The summed E-state index contributed by atoms with van der Waals surface area (Å²) in [5, 5.41) is 23.6. The van der Waals surface area contributed by atoms with Crippen LogP contribution in [0, 0.1) is 51.7 Å². The molecule has 0 aromatic carbocycles. The molecule has 0 bridgehead atoms. The maximum absolute atomic E-state index is 10.9. The van der Waals surface area contributed by atoms with Crippen LogP contribution in [0.4, 0.5) is 0 Å². The number of fused-ring (bicyclic) bond motifs is 5. The highest BCUT2D eigenvalue weighted by molar-refractivity contribution is 6.30. The summed E-state index contributed by atoms with van der Waals surface area (Å²) in [6.45, 7) is 11.4. The molecule has 0 radical (unpaired) electrons. The van der Waals surface area contributed by atoms with Crippen LogP contribution in [0.1, 0.15) is 98.8 Å². The molecule has 0 spiro atoms. The predicted molar refractivity (Wildman–Crippen MR) is 128 cm³/mol. The van der Waals surface area contributed by atoms with E-state index in [2.05, 4.69) is 38.1 Å². The molecule has 0 amide bonds. The van der Waals surface area contributed by atoms with E-state index in [1.165, 1.54) is 37.7 Å². The van der Waals surface area contributed by atoms with Crippen molar-refractivity contribution in [1.82, 2.24) is 0 Å². The Kier molecular flexibility index (Phi) is 6.16. The van der Waals surface area contributed by atoms with Gasteiger partial charge in [0.15, 0.2) is 0 Å². The van der Waals surface area contributed by atoms with Gasteiger partial charge in [0.2, 0.25) is 0 Å². The molecule has 0 aliphatic heterocycles. The lowest BCUT2D eigenvalue weighted by Crippen LogP contribution is -2.52. The molecule has 3 heteroatoms. The summed E-state index contributed by atoms with van der Waals surface area (Å²) in [6, 6.07) is 0. The molecular formula is C28H43ClO2. The Morgan fingerprint density at radius 2 is 1.90 bits per heavy atom. The fourth-order valence-electron chi connectivity index (χ4n) is 8.60. The van der Waals surface area contributed by atoms with E-state index in [1.54, 1.807) is 0 Å². The topological polar surface area (TPSA) is 40.5 Å². The van der Waals surface area contributed by atoms with Crippen molar-refractivity contribution in [2.75, 3.05) is 0 Å². The van der Waals surface area contributed by atoms with E-state index >= 15 is 0 Å². The summed E-state index contributed by atoms with van der Waals surface area (Å²) in [6.07, 6.45) is 13.5. The first-order chi connectivity index (χ1) is 14.4. The van der Waals surface area contributed by atoms with Gasteiger partial charge in [-0.3, -0.25) is 0 Å². The largest absolute Gasteiger partial charge is 0.390 e. The Morgan fingerprint density at radius 1 is 1.16 bits per heavy atom. The predicted octanol–water partition coefficient (Wildman–Crippen LogP) is 6.68. The lowest BCUT2D eigenvalue weighted by Gasteiger charge is -2.59. The second-order valence-electron chi connectivity index (χ2n) is 12.7. The van der Waals surface area contributed by atoms with Gasteiger partial charge in [0.25, 0.3) is 0 Å². The first-order valence-electron chi connectivity index (χ1n) is 12.7. The van der Waals surface area contributed by atoms with Crippen molar-refractivity contribution in [2.45, 2.75) is 110 Å². The van der Waals surface area contributed by atoms with Crippen LogP contribution in [-0.2, 0) is 0 Å². The van der Waals surface area contributed by atoms with Gasteiger partial charge in [-0.2, -0.15) is 0 Å². The van der Waals surface area contributed by atoms with Gasteiger partial charge in [0.1, 0.15) is 5.60 Å². The number of rotatable bonds is 4. The summed E-state index contributed by atoms with van der Waals surface area (Å²) < 4.78 is 0. The molecule has 2 N–H and O–H groups in total. The number of hydrogen-bond acceptors (Lipinski definition) is 2. The highest BCUT2D eigenvalue weighted by Crippen LogP contribution is 2.67. The Labute approximate surface area is 195 Å². The van der Waals surface area contributed by atoms with Crippen LogP contribution < -0.4 is 0 Å². The Morgan fingerprint density at radius 3 is 2.58 bits per heavy atom. The van der Waals surface area contributed by atoms with E-state index in [1.807, 2.05) is 13.8 Å². The molecule has 2 nitrogen and oxygen atoms in total. The van der Waals surface area contributed by atoms with Crippen LogP contribution in [0.3, 0.4) is 0 Å². The molecule has 31 heavy (non-hydrogen) atoms. The molecule has 4 rings (SSSR count). The summed E-state index contributed by atoms with van der Waals surface area (Å²) >= 11 is 5.65. The summed E-state index contributed by atoms with van der Waals surface area (Å²) in [4.78, 5) is 0. The minimum Gasteiger partial charge on any atom is -0.390 e. The van der Waals surface area contributed by atoms with Gasteiger partial charge >= 0.3 is 0 Å². The van der Waals surface area contributed by atoms with E-state index in [0.717, 1.165) is 49.4 Å². The quantitative estimate of drug-likeness (QED) is 0.373. The van der Waals surface area contributed by atoms with Gasteiger partial charge < -0.3 is 10.2 Å². The normalized spacial score (nSPS) is 45.5. The van der Waals surface area contributed by atoms with Crippen LogP contribution >= 0.6 is 11.6 Å². The lowest BCUT2D eigenvalue weighted by atomic mass is 9.46. The molecule has 8 unspecified atom stereocenters. The number of allylic oxidation sites excluding steroid dienone is 1. The highest BCUT2D eigenvalue weighted by Gasteiger charge is 2.59. The van der Waals surface area contributed by atoms with Crippen molar-refractivity contribution >= 4 is 11.6 Å². The second kappa shape index (κ2) is 8.07. The van der Waals surface area contributed by atoms with Gasteiger partial charge in [-0.15, -0.1) is 0 Å². The van der Waals surface area contributed by atoms with Crippen molar-refractivity contribution in [3.63, 3.8) is 0 Å². The third-order valence-electron chi connectivity index (χ3n) is 10.4. The average molecular weight is 447 g/mol. The third kappa shape index (κ3) is 4.13. The fourth-order valence-corrected chi connectivity index (χ4v) is 8.77. The van der Waals surface area contributed by atoms with Crippen LogP contribution in [0.2, 0.25) is 0 Å². The first kappa shape index (κ1) is 23.7. The molecular weight excluding hydrogens is 404 g/mol. The molecule has 4 aliphatic rings. The van der Waals surface area contributed by atoms with Crippen LogP contribution in [0.15, 0.2) is 11.6 Å². The molecule has 3 fully saturated rings. The zero-order valence-corrected chi connectivity index (χ0v) is 21.1. The molecule has 0 heterocycles. The molecule has 174 valence electrons. The van der Waals surface area contributed by atoms with Gasteiger partial charge in [0.05, 0.1) is 5.60 Å². The van der Waals surface area contributed by atoms with E-state index in [9.17, 15) is 10.2 Å². The minimum absolute atomic E-state index is 0.217. The van der Waals surface area contributed by atoms with E-state index in [4.69, 9.17) is 11.6 Å². The van der Waals surface area contributed by atoms with E-state index in [-0.39, 0.29) is 5.41 Å². The standard InChI is InChI=1S/C28H43ClO2/c1-19(10-12-25(2,3)30)22-8-9-23-21-7-6-20-18-28(31,16-17-29)15-14-26(20,4)24(21)11-13-27(22,23)5/h6,19,21-24,30-31H,7-15,18H2,1-5H3. The smallest absolute Gasteiger partial charge is 0.130 e. The average Bonchev–Trinajstić information content (AvgIpc) is 3.04. The Bertz CT molecular complexity index is 785. The summed E-state index contributed by atoms with van der Waals surface area (Å²) in [5.74, 6) is 6.69. The SMILES string of the molecule is CC(CCC(C)(C)O)C1CCC2C3CC=C4CC(O)(C#CCl)CCC4(C)C3CCC12C. The van der Waals surface area contributed by atoms with Crippen LogP contribution in [0.5, 0.6) is 0 Å². The van der Waals surface area contributed by atoms with Crippen molar-refractivity contribution in [2.24, 2.45) is 40.4 Å². The first-order valence-corrected chi connectivity index (χ1v) is 13.1. The highest BCUT2D eigenvalue weighted by atomic mass is 35.5. The van der Waals surface area contributed by atoms with Gasteiger partial charge in [-0.25, -0.2) is 0 Å². The Balaban J connectivity index is 1.53. The molecule has 3 saturated carbocycles. The van der Waals surface area contributed by atoms with Crippen molar-refractivity contribution in [1.29, 1.82) is 0 Å². The minimum atomic E-state index is -0.933. The fraction of sp³-hybridized carbons (Fsp3) is 0.857. The summed E-state index contributed by atoms with van der Waals surface area (Å²) in [7, 11) is 0. The van der Waals surface area contributed by atoms with E-state index in [0.29, 0.717) is 17.8 Å². The zero-order chi connectivity index (χ0) is 22.7. The third-order valence-corrected chi connectivity index (χ3v) is 10.5. The van der Waals surface area contributed by atoms with Crippen molar-refractivity contribution in [3.05, 3.63) is 11.6 Å².